The van der Waals surface area contributed by atoms with Crippen molar-refractivity contribution in [2.45, 2.75) is 31.6 Å². The van der Waals surface area contributed by atoms with Crippen LogP contribution in [0.25, 0.3) is 0 Å². The fraction of sp³-hybridized carbons (Fsp3) is 0.462. The molecular formula is C13H18OS. The Morgan fingerprint density at radius 1 is 1.33 bits per heavy atom. The average Bonchev–Trinajstić information content (AvgIpc) is 2.28. The van der Waals surface area contributed by atoms with Gasteiger partial charge in [0.25, 0.3) is 0 Å². The molecule has 1 rings (SSSR count). The highest BCUT2D eigenvalue weighted by Gasteiger charge is 2.13. The number of thioether (sulfide) groups is 1. The third-order valence-electron chi connectivity index (χ3n) is 2.54. The highest BCUT2D eigenvalue weighted by atomic mass is 32.2. The lowest BCUT2D eigenvalue weighted by molar-refractivity contribution is 0.0923. The Kier molecular flexibility index (Phi) is 4.89. The number of hydrogen-bond donors (Lipinski definition) is 0. The summed E-state index contributed by atoms with van der Waals surface area (Å²) in [4.78, 5) is 13.1. The largest absolute Gasteiger partial charge is 0.294 e. The second kappa shape index (κ2) is 5.96. The van der Waals surface area contributed by atoms with Gasteiger partial charge in [0.05, 0.1) is 0 Å². The first kappa shape index (κ1) is 12.3. The maximum absolute atomic E-state index is 11.9. The zero-order valence-electron chi connectivity index (χ0n) is 9.62. The Bertz CT molecular complexity index is 316. The molecule has 1 aromatic rings. The highest BCUT2D eigenvalue weighted by Crippen LogP contribution is 2.18. The van der Waals surface area contributed by atoms with Gasteiger partial charge in [0.1, 0.15) is 0 Å². The Balaban J connectivity index is 2.73. The normalized spacial score (nSPS) is 12.5. The van der Waals surface area contributed by atoms with Crippen molar-refractivity contribution in [1.29, 1.82) is 0 Å². The van der Waals surface area contributed by atoms with Gasteiger partial charge in [0.15, 0.2) is 5.78 Å². The molecule has 0 aromatic heterocycles. The van der Waals surface area contributed by atoms with Gasteiger partial charge in [-0.1, -0.05) is 32.4 Å². The van der Waals surface area contributed by atoms with Gasteiger partial charge in [0, 0.05) is 16.4 Å². The number of benzene rings is 1. The van der Waals surface area contributed by atoms with E-state index in [0.29, 0.717) is 0 Å². The van der Waals surface area contributed by atoms with Gasteiger partial charge < -0.3 is 0 Å². The molecule has 0 bridgehead atoms. The van der Waals surface area contributed by atoms with E-state index in [0.717, 1.165) is 18.4 Å². The van der Waals surface area contributed by atoms with Crippen molar-refractivity contribution in [3.05, 3.63) is 29.8 Å². The van der Waals surface area contributed by atoms with Crippen LogP contribution >= 0.6 is 11.8 Å². The Morgan fingerprint density at radius 3 is 2.40 bits per heavy atom. The van der Waals surface area contributed by atoms with Crippen molar-refractivity contribution in [3.63, 3.8) is 0 Å². The van der Waals surface area contributed by atoms with Crippen molar-refractivity contribution >= 4 is 17.5 Å². The first-order valence-corrected chi connectivity index (χ1v) is 6.59. The molecule has 1 atom stereocenters. The predicted octanol–water partition coefficient (Wildman–Crippen LogP) is 4.03. The second-order valence-electron chi connectivity index (χ2n) is 3.78. The molecular weight excluding hydrogens is 204 g/mol. The maximum Gasteiger partial charge on any atom is 0.165 e. The zero-order chi connectivity index (χ0) is 11.3. The molecule has 0 aliphatic rings. The van der Waals surface area contributed by atoms with Gasteiger partial charge in [-0.2, -0.15) is 0 Å². The summed E-state index contributed by atoms with van der Waals surface area (Å²) in [5, 5.41) is 0. The van der Waals surface area contributed by atoms with Crippen molar-refractivity contribution in [2.75, 3.05) is 6.26 Å². The van der Waals surface area contributed by atoms with Gasteiger partial charge >= 0.3 is 0 Å². The number of ketones is 1. The minimum absolute atomic E-state index is 0.148. The van der Waals surface area contributed by atoms with E-state index in [1.807, 2.05) is 37.4 Å². The third-order valence-corrected chi connectivity index (χ3v) is 3.29. The van der Waals surface area contributed by atoms with Gasteiger partial charge in [0.2, 0.25) is 0 Å². The van der Waals surface area contributed by atoms with E-state index in [-0.39, 0.29) is 11.7 Å². The molecule has 2 heteroatoms. The van der Waals surface area contributed by atoms with Crippen LogP contribution in [0.5, 0.6) is 0 Å². The maximum atomic E-state index is 11.9. The van der Waals surface area contributed by atoms with Crippen LogP contribution in [-0.2, 0) is 0 Å². The molecule has 0 saturated heterocycles. The monoisotopic (exact) mass is 222 g/mol. The van der Waals surface area contributed by atoms with Crippen LogP contribution in [0.3, 0.4) is 0 Å². The van der Waals surface area contributed by atoms with E-state index in [1.165, 1.54) is 4.90 Å². The van der Waals surface area contributed by atoms with Gasteiger partial charge in [-0.05, 0) is 24.8 Å². The van der Waals surface area contributed by atoms with E-state index in [1.54, 1.807) is 11.8 Å². The summed E-state index contributed by atoms with van der Waals surface area (Å²) in [6.45, 7) is 4.12. The van der Waals surface area contributed by atoms with Crippen molar-refractivity contribution in [1.82, 2.24) is 0 Å². The summed E-state index contributed by atoms with van der Waals surface area (Å²) in [7, 11) is 0. The number of carbonyl (C=O) groups excluding carboxylic acids is 1. The summed E-state index contributed by atoms with van der Waals surface area (Å²) >= 11 is 1.70. The third kappa shape index (κ3) is 3.38. The number of Topliss-reactive ketones (excluding diaryl/α,β-unsaturated/α-hetero) is 1. The molecule has 0 fully saturated rings. The average molecular weight is 222 g/mol. The van der Waals surface area contributed by atoms with E-state index in [9.17, 15) is 4.79 Å². The molecule has 0 amide bonds. The Morgan fingerprint density at radius 2 is 1.93 bits per heavy atom. The number of rotatable bonds is 5. The summed E-state index contributed by atoms with van der Waals surface area (Å²) in [5.41, 5.74) is 0.841. The van der Waals surface area contributed by atoms with Gasteiger partial charge in [-0.15, -0.1) is 11.8 Å². The van der Waals surface area contributed by atoms with E-state index < -0.39 is 0 Å². The fourth-order valence-corrected chi connectivity index (χ4v) is 2.01. The summed E-state index contributed by atoms with van der Waals surface area (Å²) in [6.07, 6.45) is 4.08. The van der Waals surface area contributed by atoms with Crippen LogP contribution in [0.2, 0.25) is 0 Å². The quantitative estimate of drug-likeness (QED) is 0.552. The molecule has 0 saturated carbocycles. The van der Waals surface area contributed by atoms with E-state index >= 15 is 0 Å². The van der Waals surface area contributed by atoms with Crippen LogP contribution in [0, 0.1) is 5.92 Å². The molecule has 82 valence electrons. The minimum atomic E-state index is 0.148. The standard InChI is InChI=1S/C13H18OS/c1-4-5-10(2)13(14)11-6-8-12(15-3)9-7-11/h6-10H,4-5H2,1-3H3. The lowest BCUT2D eigenvalue weighted by Gasteiger charge is -2.08. The second-order valence-corrected chi connectivity index (χ2v) is 4.66. The van der Waals surface area contributed by atoms with Crippen LogP contribution in [-0.4, -0.2) is 12.0 Å². The number of hydrogen-bond acceptors (Lipinski definition) is 2. The minimum Gasteiger partial charge on any atom is -0.294 e. The molecule has 0 heterocycles. The van der Waals surface area contributed by atoms with Crippen LogP contribution < -0.4 is 0 Å². The molecule has 0 spiro atoms. The van der Waals surface area contributed by atoms with Crippen LogP contribution in [0.15, 0.2) is 29.2 Å². The van der Waals surface area contributed by atoms with Gasteiger partial charge in [-0.3, -0.25) is 4.79 Å². The summed E-state index contributed by atoms with van der Waals surface area (Å²) in [5.74, 6) is 0.416. The van der Waals surface area contributed by atoms with E-state index in [4.69, 9.17) is 0 Å². The molecule has 15 heavy (non-hydrogen) atoms. The molecule has 0 aliphatic carbocycles. The summed E-state index contributed by atoms with van der Waals surface area (Å²) in [6, 6.07) is 7.88. The van der Waals surface area contributed by atoms with Crippen LogP contribution in [0.1, 0.15) is 37.0 Å². The van der Waals surface area contributed by atoms with Crippen molar-refractivity contribution in [3.8, 4) is 0 Å². The number of carbonyl (C=O) groups is 1. The lowest BCUT2D eigenvalue weighted by Crippen LogP contribution is -2.10. The Hall–Kier alpha value is -0.760. The topological polar surface area (TPSA) is 17.1 Å². The van der Waals surface area contributed by atoms with E-state index in [2.05, 4.69) is 6.92 Å². The fourth-order valence-electron chi connectivity index (χ4n) is 1.60. The van der Waals surface area contributed by atoms with Crippen molar-refractivity contribution < 1.29 is 4.79 Å². The molecule has 1 nitrogen and oxygen atoms in total. The lowest BCUT2D eigenvalue weighted by atomic mass is 9.95. The predicted molar refractivity (Wildman–Crippen MR) is 66.6 cm³/mol. The molecule has 0 radical (unpaired) electrons. The first-order chi connectivity index (χ1) is 7.19. The summed E-state index contributed by atoms with van der Waals surface area (Å²) < 4.78 is 0. The molecule has 1 unspecified atom stereocenters. The highest BCUT2D eigenvalue weighted by molar-refractivity contribution is 7.98. The van der Waals surface area contributed by atoms with Crippen LogP contribution in [0.4, 0.5) is 0 Å². The zero-order valence-corrected chi connectivity index (χ0v) is 10.4. The van der Waals surface area contributed by atoms with Crippen molar-refractivity contribution in [2.24, 2.45) is 5.92 Å². The smallest absolute Gasteiger partial charge is 0.165 e. The molecule has 0 N–H and O–H groups in total. The molecule has 1 aromatic carbocycles. The van der Waals surface area contributed by atoms with Gasteiger partial charge in [-0.25, -0.2) is 0 Å². The Labute approximate surface area is 96.3 Å². The molecule has 0 aliphatic heterocycles. The SMILES string of the molecule is CCCC(C)C(=O)c1ccc(SC)cc1. The first-order valence-electron chi connectivity index (χ1n) is 5.37.